The molecule has 0 bridgehead atoms. The smallest absolute Gasteiger partial charge is 0.239 e. The largest absolute Gasteiger partial charge is 0.342 e. The summed E-state index contributed by atoms with van der Waals surface area (Å²) < 4.78 is 0. The Bertz CT molecular complexity index is 195. The van der Waals surface area contributed by atoms with Crippen molar-refractivity contribution < 1.29 is 4.79 Å². The number of hydrogen-bond acceptors (Lipinski definition) is 3. The van der Waals surface area contributed by atoms with Crippen LogP contribution in [0.25, 0.3) is 0 Å². The first kappa shape index (κ1) is 15.4. The zero-order chi connectivity index (χ0) is 12.6. The van der Waals surface area contributed by atoms with Gasteiger partial charge in [0.15, 0.2) is 0 Å². The van der Waals surface area contributed by atoms with E-state index >= 15 is 0 Å². The SMILES string of the molecule is CCCC(N)C(=O)N(CC)CCCN(C)C. The molecule has 1 amide bonds. The molecule has 96 valence electrons. The number of amides is 1. The van der Waals surface area contributed by atoms with Gasteiger partial charge in [-0.3, -0.25) is 4.79 Å². The Morgan fingerprint density at radius 1 is 1.25 bits per heavy atom. The van der Waals surface area contributed by atoms with Crippen molar-refractivity contribution in [3.8, 4) is 0 Å². The first-order valence-electron chi connectivity index (χ1n) is 6.22. The van der Waals surface area contributed by atoms with Crippen LogP contribution in [0.1, 0.15) is 33.1 Å². The van der Waals surface area contributed by atoms with Crippen LogP contribution >= 0.6 is 0 Å². The van der Waals surface area contributed by atoms with Crippen LogP contribution in [0.15, 0.2) is 0 Å². The van der Waals surface area contributed by atoms with Crippen molar-refractivity contribution in [3.63, 3.8) is 0 Å². The van der Waals surface area contributed by atoms with Crippen molar-refractivity contribution in [3.05, 3.63) is 0 Å². The van der Waals surface area contributed by atoms with E-state index in [9.17, 15) is 4.79 Å². The molecule has 0 saturated carbocycles. The molecule has 0 heterocycles. The Hall–Kier alpha value is -0.610. The van der Waals surface area contributed by atoms with Crippen LogP contribution in [-0.2, 0) is 4.79 Å². The molecule has 4 heteroatoms. The van der Waals surface area contributed by atoms with Crippen LogP contribution in [0, 0.1) is 0 Å². The molecule has 0 fully saturated rings. The van der Waals surface area contributed by atoms with Crippen molar-refractivity contribution >= 4 is 5.91 Å². The van der Waals surface area contributed by atoms with Gasteiger partial charge in [-0.05, 0) is 40.4 Å². The van der Waals surface area contributed by atoms with Gasteiger partial charge in [-0.25, -0.2) is 0 Å². The minimum absolute atomic E-state index is 0.100. The highest BCUT2D eigenvalue weighted by Crippen LogP contribution is 2.01. The topological polar surface area (TPSA) is 49.6 Å². The average Bonchev–Trinajstić information content (AvgIpc) is 2.23. The summed E-state index contributed by atoms with van der Waals surface area (Å²) in [5, 5.41) is 0. The zero-order valence-corrected chi connectivity index (χ0v) is 11.2. The Morgan fingerprint density at radius 3 is 2.31 bits per heavy atom. The normalized spacial score (nSPS) is 12.9. The van der Waals surface area contributed by atoms with Crippen LogP contribution in [0.3, 0.4) is 0 Å². The molecule has 16 heavy (non-hydrogen) atoms. The van der Waals surface area contributed by atoms with E-state index in [1.165, 1.54) is 0 Å². The summed E-state index contributed by atoms with van der Waals surface area (Å²) in [5.41, 5.74) is 5.83. The minimum atomic E-state index is -0.315. The maximum atomic E-state index is 11.9. The Morgan fingerprint density at radius 2 is 1.88 bits per heavy atom. The highest BCUT2D eigenvalue weighted by molar-refractivity contribution is 5.81. The van der Waals surface area contributed by atoms with Gasteiger partial charge in [-0.1, -0.05) is 13.3 Å². The molecular weight excluding hydrogens is 202 g/mol. The van der Waals surface area contributed by atoms with E-state index in [1.54, 1.807) is 0 Å². The van der Waals surface area contributed by atoms with Crippen LogP contribution < -0.4 is 5.73 Å². The van der Waals surface area contributed by atoms with Gasteiger partial charge in [0.2, 0.25) is 5.91 Å². The summed E-state index contributed by atoms with van der Waals surface area (Å²) in [6.07, 6.45) is 2.75. The fourth-order valence-corrected chi connectivity index (χ4v) is 1.67. The Labute approximate surface area is 99.8 Å². The second kappa shape index (κ2) is 8.53. The molecular formula is C12H27N3O. The number of rotatable bonds is 8. The molecule has 0 radical (unpaired) electrons. The molecule has 0 rings (SSSR count). The van der Waals surface area contributed by atoms with Crippen LogP contribution in [0.2, 0.25) is 0 Å². The quantitative estimate of drug-likeness (QED) is 0.673. The molecule has 1 atom stereocenters. The maximum Gasteiger partial charge on any atom is 0.239 e. The molecule has 1 unspecified atom stereocenters. The molecule has 0 aliphatic heterocycles. The van der Waals surface area contributed by atoms with E-state index in [-0.39, 0.29) is 11.9 Å². The van der Waals surface area contributed by atoms with Gasteiger partial charge >= 0.3 is 0 Å². The molecule has 2 N–H and O–H groups in total. The average molecular weight is 229 g/mol. The van der Waals surface area contributed by atoms with Crippen molar-refractivity contribution in [1.29, 1.82) is 0 Å². The number of nitrogens with two attached hydrogens (primary N) is 1. The van der Waals surface area contributed by atoms with Gasteiger partial charge < -0.3 is 15.5 Å². The summed E-state index contributed by atoms with van der Waals surface area (Å²) >= 11 is 0. The third-order valence-corrected chi connectivity index (χ3v) is 2.64. The van der Waals surface area contributed by atoms with Gasteiger partial charge in [-0.15, -0.1) is 0 Å². The zero-order valence-electron chi connectivity index (χ0n) is 11.2. The van der Waals surface area contributed by atoms with Gasteiger partial charge in [-0.2, -0.15) is 0 Å². The summed E-state index contributed by atoms with van der Waals surface area (Å²) in [6.45, 7) is 6.63. The highest BCUT2D eigenvalue weighted by atomic mass is 16.2. The first-order valence-corrected chi connectivity index (χ1v) is 6.22. The van der Waals surface area contributed by atoms with Crippen LogP contribution in [0.4, 0.5) is 0 Å². The van der Waals surface area contributed by atoms with Crippen molar-refractivity contribution in [2.24, 2.45) is 5.73 Å². The summed E-state index contributed by atoms with van der Waals surface area (Å²) in [4.78, 5) is 15.9. The predicted octanol–water partition coefficient (Wildman–Crippen LogP) is 0.914. The molecule has 0 saturated heterocycles. The molecule has 0 aromatic rings. The number of carbonyl (C=O) groups is 1. The third kappa shape index (κ3) is 6.08. The van der Waals surface area contributed by atoms with Crippen molar-refractivity contribution in [2.45, 2.75) is 39.2 Å². The lowest BCUT2D eigenvalue weighted by Gasteiger charge is -2.24. The molecule has 0 aromatic carbocycles. The molecule has 0 aliphatic rings. The molecule has 0 aromatic heterocycles. The molecule has 4 nitrogen and oxygen atoms in total. The van der Waals surface area contributed by atoms with E-state index < -0.39 is 0 Å². The number of likely N-dealkylation sites (N-methyl/N-ethyl adjacent to an activating group) is 1. The Balaban J connectivity index is 4.01. The second-order valence-corrected chi connectivity index (χ2v) is 4.47. The second-order valence-electron chi connectivity index (χ2n) is 4.47. The van der Waals surface area contributed by atoms with E-state index in [0.29, 0.717) is 0 Å². The van der Waals surface area contributed by atoms with E-state index in [1.807, 2.05) is 25.9 Å². The lowest BCUT2D eigenvalue weighted by molar-refractivity contribution is -0.132. The standard InChI is InChI=1S/C12H27N3O/c1-5-8-11(13)12(16)15(6-2)10-7-9-14(3)4/h11H,5-10,13H2,1-4H3. The van der Waals surface area contributed by atoms with Crippen LogP contribution in [-0.4, -0.2) is 55.5 Å². The van der Waals surface area contributed by atoms with Gasteiger partial charge in [0.25, 0.3) is 0 Å². The summed E-state index contributed by atoms with van der Waals surface area (Å²) in [7, 11) is 4.09. The maximum absolute atomic E-state index is 11.9. The fourth-order valence-electron chi connectivity index (χ4n) is 1.67. The van der Waals surface area contributed by atoms with E-state index in [0.717, 1.165) is 38.9 Å². The fraction of sp³-hybridized carbons (Fsp3) is 0.917. The number of hydrogen-bond donors (Lipinski definition) is 1. The highest BCUT2D eigenvalue weighted by Gasteiger charge is 2.18. The molecule has 0 aliphatic carbocycles. The van der Waals surface area contributed by atoms with Crippen molar-refractivity contribution in [1.82, 2.24) is 9.80 Å². The Kier molecular flexibility index (Phi) is 8.21. The predicted molar refractivity (Wildman–Crippen MR) is 68.3 cm³/mol. The number of nitrogens with zero attached hydrogens (tertiary/aromatic N) is 2. The van der Waals surface area contributed by atoms with Crippen molar-refractivity contribution in [2.75, 3.05) is 33.7 Å². The monoisotopic (exact) mass is 229 g/mol. The third-order valence-electron chi connectivity index (χ3n) is 2.64. The first-order chi connectivity index (χ1) is 7.52. The lowest BCUT2D eigenvalue weighted by Crippen LogP contribution is -2.44. The van der Waals surface area contributed by atoms with Gasteiger partial charge in [0.1, 0.15) is 0 Å². The summed E-state index contributed by atoms with van der Waals surface area (Å²) in [5.74, 6) is 0.100. The van der Waals surface area contributed by atoms with E-state index in [2.05, 4.69) is 11.8 Å². The van der Waals surface area contributed by atoms with Gasteiger partial charge in [0.05, 0.1) is 6.04 Å². The van der Waals surface area contributed by atoms with Crippen LogP contribution in [0.5, 0.6) is 0 Å². The number of carbonyl (C=O) groups excluding carboxylic acids is 1. The minimum Gasteiger partial charge on any atom is -0.342 e. The molecule has 0 spiro atoms. The van der Waals surface area contributed by atoms with E-state index in [4.69, 9.17) is 5.73 Å². The summed E-state index contributed by atoms with van der Waals surface area (Å²) in [6, 6.07) is -0.315. The lowest BCUT2D eigenvalue weighted by atomic mass is 10.1. The van der Waals surface area contributed by atoms with Gasteiger partial charge in [0, 0.05) is 13.1 Å².